The predicted molar refractivity (Wildman–Crippen MR) is 83.2 cm³/mol. The molecule has 3 aromatic heterocycles. The van der Waals surface area contributed by atoms with Crippen LogP contribution in [0.25, 0.3) is 5.65 Å². The van der Waals surface area contributed by atoms with E-state index in [-0.39, 0.29) is 0 Å². The normalized spacial score (nSPS) is 11.8. The fourth-order valence-electron chi connectivity index (χ4n) is 2.14. The van der Waals surface area contributed by atoms with Crippen LogP contribution in [-0.4, -0.2) is 37.4 Å². The second-order valence-electron chi connectivity index (χ2n) is 4.77. The van der Waals surface area contributed by atoms with Crippen LogP contribution in [-0.2, 0) is 20.1 Å². The summed E-state index contributed by atoms with van der Waals surface area (Å²) >= 11 is 0. The van der Waals surface area contributed by atoms with Crippen LogP contribution in [0.5, 0.6) is 0 Å². The minimum Gasteiger partial charge on any atom is -0.351 e. The van der Waals surface area contributed by atoms with Crippen molar-refractivity contribution in [3.63, 3.8) is 0 Å². The summed E-state index contributed by atoms with van der Waals surface area (Å²) in [7, 11) is 3.65. The fourth-order valence-corrected chi connectivity index (χ4v) is 2.14. The smallest absolute Gasteiger partial charge is 0.191 e. The number of hydrogen-bond acceptors (Lipinski definition) is 4. The molecular formula is C14H18N8. The number of pyridine rings is 1. The van der Waals surface area contributed by atoms with Crippen molar-refractivity contribution in [2.45, 2.75) is 13.1 Å². The van der Waals surface area contributed by atoms with E-state index in [1.807, 2.05) is 46.6 Å². The van der Waals surface area contributed by atoms with Gasteiger partial charge in [-0.15, -0.1) is 10.2 Å². The Kier molecular flexibility index (Phi) is 3.99. The molecule has 0 fully saturated rings. The summed E-state index contributed by atoms with van der Waals surface area (Å²) in [6.07, 6.45) is 3.72. The van der Waals surface area contributed by atoms with E-state index >= 15 is 0 Å². The molecule has 0 aliphatic heterocycles. The first kappa shape index (κ1) is 14.1. The molecule has 0 aliphatic rings. The number of rotatable bonds is 4. The number of aromatic nitrogens is 5. The summed E-state index contributed by atoms with van der Waals surface area (Å²) in [5, 5.41) is 18.9. The first-order chi connectivity index (χ1) is 10.8. The van der Waals surface area contributed by atoms with E-state index in [9.17, 15) is 0 Å². The molecular weight excluding hydrogens is 280 g/mol. The van der Waals surface area contributed by atoms with Crippen LogP contribution in [0.15, 0.2) is 41.7 Å². The summed E-state index contributed by atoms with van der Waals surface area (Å²) in [5.74, 6) is 1.54. The Hall–Kier alpha value is -2.90. The van der Waals surface area contributed by atoms with E-state index in [4.69, 9.17) is 0 Å². The maximum Gasteiger partial charge on any atom is 0.191 e. The van der Waals surface area contributed by atoms with Crippen LogP contribution in [0.2, 0.25) is 0 Å². The molecule has 0 amide bonds. The molecule has 0 unspecified atom stereocenters. The standard InChI is InChI=1S/C14H18N8/c1-15-14(16-9-11-6-7-18-21(11)2)17-10-13-20-19-12-5-3-4-8-22(12)13/h3-8H,9-10H2,1-2H3,(H2,15,16,17). The zero-order valence-electron chi connectivity index (χ0n) is 12.6. The highest BCUT2D eigenvalue weighted by molar-refractivity contribution is 5.79. The van der Waals surface area contributed by atoms with Gasteiger partial charge >= 0.3 is 0 Å². The van der Waals surface area contributed by atoms with Crippen LogP contribution >= 0.6 is 0 Å². The lowest BCUT2D eigenvalue weighted by atomic mass is 10.4. The quantitative estimate of drug-likeness (QED) is 0.535. The minimum atomic E-state index is 0.538. The van der Waals surface area contributed by atoms with Gasteiger partial charge in [-0.3, -0.25) is 14.1 Å². The molecule has 3 rings (SSSR count). The fraction of sp³-hybridized carbons (Fsp3) is 0.286. The molecule has 3 heterocycles. The molecule has 0 spiro atoms. The van der Waals surface area contributed by atoms with Crippen LogP contribution in [0, 0.1) is 0 Å². The van der Waals surface area contributed by atoms with E-state index in [1.165, 1.54) is 0 Å². The van der Waals surface area contributed by atoms with Crippen LogP contribution in [0.1, 0.15) is 11.5 Å². The molecule has 0 radical (unpaired) electrons. The highest BCUT2D eigenvalue weighted by Gasteiger charge is 2.06. The molecule has 0 saturated carbocycles. The van der Waals surface area contributed by atoms with Crippen molar-refractivity contribution in [3.05, 3.63) is 48.2 Å². The number of fused-ring (bicyclic) bond motifs is 1. The highest BCUT2D eigenvalue weighted by Crippen LogP contribution is 2.02. The van der Waals surface area contributed by atoms with Gasteiger partial charge < -0.3 is 10.6 Å². The Morgan fingerprint density at radius 2 is 2.05 bits per heavy atom. The zero-order chi connectivity index (χ0) is 15.4. The number of aliphatic imine (C=N–C) groups is 1. The van der Waals surface area contributed by atoms with Crippen molar-refractivity contribution in [1.82, 2.24) is 35.0 Å². The van der Waals surface area contributed by atoms with Gasteiger partial charge in [-0.05, 0) is 18.2 Å². The first-order valence-electron chi connectivity index (χ1n) is 6.98. The number of nitrogens with one attached hydrogen (secondary N) is 2. The number of aryl methyl sites for hydroxylation is 1. The Morgan fingerprint density at radius 3 is 2.82 bits per heavy atom. The second-order valence-corrected chi connectivity index (χ2v) is 4.77. The lowest BCUT2D eigenvalue weighted by Gasteiger charge is -2.11. The van der Waals surface area contributed by atoms with Gasteiger partial charge in [-0.2, -0.15) is 5.10 Å². The Morgan fingerprint density at radius 1 is 1.18 bits per heavy atom. The summed E-state index contributed by atoms with van der Waals surface area (Å²) < 4.78 is 3.77. The summed E-state index contributed by atoms with van der Waals surface area (Å²) in [6.45, 7) is 1.19. The Balaban J connectivity index is 1.60. The van der Waals surface area contributed by atoms with Crippen molar-refractivity contribution in [2.75, 3.05) is 7.05 Å². The third-order valence-electron chi connectivity index (χ3n) is 3.38. The summed E-state index contributed by atoms with van der Waals surface area (Å²) in [4.78, 5) is 4.20. The van der Waals surface area contributed by atoms with Gasteiger partial charge in [-0.25, -0.2) is 0 Å². The van der Waals surface area contributed by atoms with E-state index in [0.717, 1.165) is 17.2 Å². The Labute approximate surface area is 127 Å². The number of nitrogens with zero attached hydrogens (tertiary/aromatic N) is 6. The van der Waals surface area contributed by atoms with E-state index in [0.29, 0.717) is 19.0 Å². The van der Waals surface area contributed by atoms with Gasteiger partial charge in [-0.1, -0.05) is 6.07 Å². The second kappa shape index (κ2) is 6.25. The maximum atomic E-state index is 4.20. The topological polar surface area (TPSA) is 84.4 Å². The largest absolute Gasteiger partial charge is 0.351 e. The van der Waals surface area contributed by atoms with Crippen molar-refractivity contribution >= 4 is 11.6 Å². The molecule has 8 nitrogen and oxygen atoms in total. The third kappa shape index (κ3) is 2.90. The molecule has 22 heavy (non-hydrogen) atoms. The van der Waals surface area contributed by atoms with E-state index in [2.05, 4.69) is 30.9 Å². The van der Waals surface area contributed by atoms with Crippen molar-refractivity contribution in [1.29, 1.82) is 0 Å². The lowest BCUT2D eigenvalue weighted by molar-refractivity contribution is 0.681. The maximum absolute atomic E-state index is 4.20. The van der Waals surface area contributed by atoms with E-state index in [1.54, 1.807) is 13.2 Å². The monoisotopic (exact) mass is 298 g/mol. The third-order valence-corrected chi connectivity index (χ3v) is 3.38. The molecule has 0 saturated heterocycles. The lowest BCUT2D eigenvalue weighted by Crippen LogP contribution is -2.37. The van der Waals surface area contributed by atoms with E-state index < -0.39 is 0 Å². The van der Waals surface area contributed by atoms with Gasteiger partial charge in [0.25, 0.3) is 0 Å². The number of hydrogen-bond donors (Lipinski definition) is 2. The van der Waals surface area contributed by atoms with Gasteiger partial charge in [0.2, 0.25) is 0 Å². The molecule has 114 valence electrons. The zero-order valence-corrected chi connectivity index (χ0v) is 12.6. The van der Waals surface area contributed by atoms with Crippen LogP contribution in [0.3, 0.4) is 0 Å². The van der Waals surface area contributed by atoms with Crippen LogP contribution in [0.4, 0.5) is 0 Å². The highest BCUT2D eigenvalue weighted by atomic mass is 15.3. The van der Waals surface area contributed by atoms with Gasteiger partial charge in [0.1, 0.15) is 0 Å². The van der Waals surface area contributed by atoms with Gasteiger partial charge in [0.15, 0.2) is 17.4 Å². The Bertz CT molecular complexity index is 785. The minimum absolute atomic E-state index is 0.538. The van der Waals surface area contributed by atoms with Crippen molar-refractivity contribution in [3.8, 4) is 0 Å². The van der Waals surface area contributed by atoms with Crippen LogP contribution < -0.4 is 10.6 Å². The molecule has 0 aliphatic carbocycles. The van der Waals surface area contributed by atoms with Gasteiger partial charge in [0, 0.05) is 26.5 Å². The molecule has 3 aromatic rings. The van der Waals surface area contributed by atoms with Crippen molar-refractivity contribution in [2.24, 2.45) is 12.0 Å². The average molecular weight is 298 g/mol. The van der Waals surface area contributed by atoms with Gasteiger partial charge in [0.05, 0.1) is 18.8 Å². The molecule has 2 N–H and O–H groups in total. The molecule has 0 atom stereocenters. The molecule has 8 heteroatoms. The molecule has 0 aromatic carbocycles. The predicted octanol–water partition coefficient (Wildman–Crippen LogP) is 0.328. The average Bonchev–Trinajstić information content (AvgIpc) is 3.14. The SMILES string of the molecule is CN=C(NCc1ccnn1C)NCc1nnc2ccccn12. The first-order valence-corrected chi connectivity index (χ1v) is 6.98. The summed E-state index contributed by atoms with van der Waals surface area (Å²) in [6, 6.07) is 7.78. The molecule has 0 bridgehead atoms. The van der Waals surface area contributed by atoms with Crippen molar-refractivity contribution < 1.29 is 0 Å². The summed E-state index contributed by atoms with van der Waals surface area (Å²) in [5.41, 5.74) is 1.91. The number of guanidine groups is 1.